The van der Waals surface area contributed by atoms with Crippen LogP contribution in [0.15, 0.2) is 30.8 Å². The SMILES string of the molecule is C=C(C)c1nc2ccccc2s1.CC. The Hall–Kier alpha value is -1.15. The number of allylic oxidation sites excluding steroid dienone is 1. The summed E-state index contributed by atoms with van der Waals surface area (Å²) in [7, 11) is 0. The van der Waals surface area contributed by atoms with Crippen molar-refractivity contribution in [3.05, 3.63) is 35.9 Å². The molecule has 1 heterocycles. The van der Waals surface area contributed by atoms with E-state index >= 15 is 0 Å². The van der Waals surface area contributed by atoms with E-state index < -0.39 is 0 Å². The lowest BCUT2D eigenvalue weighted by Crippen LogP contribution is -1.72. The molecular weight excluding hydrogens is 190 g/mol. The molecule has 0 spiro atoms. The zero-order valence-corrected chi connectivity index (χ0v) is 9.69. The summed E-state index contributed by atoms with van der Waals surface area (Å²) in [5.74, 6) is 0. The molecule has 1 aromatic carbocycles. The lowest BCUT2D eigenvalue weighted by atomic mass is 10.3. The van der Waals surface area contributed by atoms with Crippen LogP contribution in [0, 0.1) is 0 Å². The number of aromatic nitrogens is 1. The Balaban J connectivity index is 0.000000461. The van der Waals surface area contributed by atoms with Crippen LogP contribution in [0.5, 0.6) is 0 Å². The molecule has 0 radical (unpaired) electrons. The van der Waals surface area contributed by atoms with Crippen LogP contribution in [0.2, 0.25) is 0 Å². The summed E-state index contributed by atoms with van der Waals surface area (Å²) in [6.07, 6.45) is 0. The first-order valence-electron chi connectivity index (χ1n) is 4.79. The summed E-state index contributed by atoms with van der Waals surface area (Å²) in [5.41, 5.74) is 2.11. The molecule has 0 bridgehead atoms. The molecule has 0 fully saturated rings. The van der Waals surface area contributed by atoms with Gasteiger partial charge in [0.15, 0.2) is 0 Å². The minimum atomic E-state index is 1.04. The van der Waals surface area contributed by atoms with E-state index in [1.54, 1.807) is 11.3 Å². The molecule has 0 aliphatic rings. The van der Waals surface area contributed by atoms with E-state index in [4.69, 9.17) is 0 Å². The minimum absolute atomic E-state index is 1.04. The Morgan fingerprint density at radius 3 is 2.50 bits per heavy atom. The maximum Gasteiger partial charge on any atom is 0.119 e. The maximum atomic E-state index is 4.43. The Morgan fingerprint density at radius 2 is 1.93 bits per heavy atom. The van der Waals surface area contributed by atoms with Gasteiger partial charge < -0.3 is 0 Å². The first kappa shape index (κ1) is 10.9. The number of benzene rings is 1. The van der Waals surface area contributed by atoms with Gasteiger partial charge in [-0.2, -0.15) is 0 Å². The highest BCUT2D eigenvalue weighted by Gasteiger charge is 2.01. The smallest absolute Gasteiger partial charge is 0.119 e. The van der Waals surface area contributed by atoms with Crippen LogP contribution in [0.3, 0.4) is 0 Å². The molecule has 2 aromatic rings. The lowest BCUT2D eigenvalue weighted by molar-refractivity contribution is 1.43. The van der Waals surface area contributed by atoms with Crippen LogP contribution < -0.4 is 0 Å². The molecule has 0 saturated carbocycles. The Labute approximate surface area is 89.1 Å². The Kier molecular flexibility index (Phi) is 3.84. The zero-order chi connectivity index (χ0) is 10.6. The number of para-hydroxylation sites is 1. The molecule has 0 atom stereocenters. The third-order valence-corrected chi connectivity index (χ3v) is 2.86. The topological polar surface area (TPSA) is 12.9 Å². The van der Waals surface area contributed by atoms with Gasteiger partial charge in [0, 0.05) is 0 Å². The van der Waals surface area contributed by atoms with E-state index in [0.29, 0.717) is 0 Å². The van der Waals surface area contributed by atoms with Crippen molar-refractivity contribution >= 4 is 27.1 Å². The van der Waals surface area contributed by atoms with Crippen LogP contribution >= 0.6 is 11.3 Å². The molecule has 1 aromatic heterocycles. The highest BCUT2D eigenvalue weighted by molar-refractivity contribution is 7.19. The van der Waals surface area contributed by atoms with Gasteiger partial charge in [0.1, 0.15) is 5.01 Å². The van der Waals surface area contributed by atoms with Crippen LogP contribution in [-0.2, 0) is 0 Å². The highest BCUT2D eigenvalue weighted by atomic mass is 32.1. The number of nitrogens with zero attached hydrogens (tertiary/aromatic N) is 1. The van der Waals surface area contributed by atoms with E-state index in [2.05, 4.69) is 17.6 Å². The van der Waals surface area contributed by atoms with E-state index in [9.17, 15) is 0 Å². The van der Waals surface area contributed by atoms with E-state index in [0.717, 1.165) is 16.1 Å². The normalized spacial score (nSPS) is 9.36. The Bertz CT molecular complexity index is 396. The van der Waals surface area contributed by atoms with Gasteiger partial charge in [0.25, 0.3) is 0 Å². The average molecular weight is 205 g/mol. The molecule has 0 unspecified atom stereocenters. The molecule has 2 heteroatoms. The molecular formula is C12H15NS. The zero-order valence-electron chi connectivity index (χ0n) is 8.87. The average Bonchev–Trinajstić information content (AvgIpc) is 2.64. The third-order valence-electron chi connectivity index (χ3n) is 1.66. The molecule has 0 aliphatic heterocycles. The predicted molar refractivity (Wildman–Crippen MR) is 65.7 cm³/mol. The molecule has 0 amide bonds. The number of hydrogen-bond donors (Lipinski definition) is 0. The molecule has 0 saturated heterocycles. The van der Waals surface area contributed by atoms with Gasteiger partial charge in [-0.15, -0.1) is 11.3 Å². The molecule has 0 aliphatic carbocycles. The molecule has 0 N–H and O–H groups in total. The van der Waals surface area contributed by atoms with Crippen molar-refractivity contribution in [1.82, 2.24) is 4.98 Å². The summed E-state index contributed by atoms with van der Waals surface area (Å²) < 4.78 is 1.23. The van der Waals surface area contributed by atoms with Gasteiger partial charge in [-0.1, -0.05) is 32.6 Å². The summed E-state index contributed by atoms with van der Waals surface area (Å²) >= 11 is 1.69. The van der Waals surface area contributed by atoms with Crippen molar-refractivity contribution in [3.63, 3.8) is 0 Å². The van der Waals surface area contributed by atoms with Gasteiger partial charge >= 0.3 is 0 Å². The van der Waals surface area contributed by atoms with Crippen LogP contribution in [-0.4, -0.2) is 4.98 Å². The number of thiazole rings is 1. The fraction of sp³-hybridized carbons (Fsp3) is 0.250. The van der Waals surface area contributed by atoms with E-state index in [1.165, 1.54) is 4.70 Å². The van der Waals surface area contributed by atoms with Gasteiger partial charge in [-0.3, -0.25) is 0 Å². The summed E-state index contributed by atoms with van der Waals surface area (Å²) in [4.78, 5) is 4.43. The second-order valence-corrected chi connectivity index (χ2v) is 3.80. The third kappa shape index (κ3) is 2.20. The second-order valence-electron chi connectivity index (χ2n) is 2.77. The summed E-state index contributed by atoms with van der Waals surface area (Å²) in [6.45, 7) is 9.85. The van der Waals surface area contributed by atoms with E-state index in [1.807, 2.05) is 39.0 Å². The number of rotatable bonds is 1. The maximum absolute atomic E-state index is 4.43. The summed E-state index contributed by atoms with van der Waals surface area (Å²) in [5, 5.41) is 1.04. The first-order chi connectivity index (χ1) is 6.77. The number of hydrogen-bond acceptors (Lipinski definition) is 2. The van der Waals surface area contributed by atoms with Crippen molar-refractivity contribution in [3.8, 4) is 0 Å². The fourth-order valence-corrected chi connectivity index (χ4v) is 1.95. The van der Waals surface area contributed by atoms with Crippen molar-refractivity contribution in [2.24, 2.45) is 0 Å². The van der Waals surface area contributed by atoms with Gasteiger partial charge in [-0.25, -0.2) is 4.98 Å². The molecule has 14 heavy (non-hydrogen) atoms. The number of fused-ring (bicyclic) bond motifs is 1. The van der Waals surface area contributed by atoms with Crippen LogP contribution in [0.25, 0.3) is 15.8 Å². The quantitative estimate of drug-likeness (QED) is 0.674. The molecule has 74 valence electrons. The predicted octanol–water partition coefficient (Wildman–Crippen LogP) is 4.36. The lowest BCUT2D eigenvalue weighted by Gasteiger charge is -1.85. The molecule has 2 rings (SSSR count). The van der Waals surface area contributed by atoms with Crippen molar-refractivity contribution in [2.75, 3.05) is 0 Å². The van der Waals surface area contributed by atoms with Crippen LogP contribution in [0.1, 0.15) is 25.8 Å². The van der Waals surface area contributed by atoms with Crippen molar-refractivity contribution in [2.45, 2.75) is 20.8 Å². The second kappa shape index (κ2) is 4.91. The van der Waals surface area contributed by atoms with E-state index in [-0.39, 0.29) is 0 Å². The minimum Gasteiger partial charge on any atom is -0.236 e. The van der Waals surface area contributed by atoms with Gasteiger partial charge in [0.05, 0.1) is 10.2 Å². The van der Waals surface area contributed by atoms with Crippen LogP contribution in [0.4, 0.5) is 0 Å². The van der Waals surface area contributed by atoms with Gasteiger partial charge in [0.2, 0.25) is 0 Å². The molecule has 1 nitrogen and oxygen atoms in total. The summed E-state index contributed by atoms with van der Waals surface area (Å²) in [6, 6.07) is 8.14. The standard InChI is InChI=1S/C10H9NS.C2H6/c1-7(2)10-11-8-5-3-4-6-9(8)12-10;1-2/h3-6H,1H2,2H3;1-2H3. The Morgan fingerprint density at radius 1 is 1.29 bits per heavy atom. The van der Waals surface area contributed by atoms with Crippen molar-refractivity contribution < 1.29 is 0 Å². The fourth-order valence-electron chi connectivity index (χ4n) is 1.05. The highest BCUT2D eigenvalue weighted by Crippen LogP contribution is 2.25. The van der Waals surface area contributed by atoms with Crippen molar-refractivity contribution in [1.29, 1.82) is 0 Å². The first-order valence-corrected chi connectivity index (χ1v) is 5.60. The largest absolute Gasteiger partial charge is 0.236 e. The monoisotopic (exact) mass is 205 g/mol. The van der Waals surface area contributed by atoms with Gasteiger partial charge in [-0.05, 0) is 24.6 Å².